The van der Waals surface area contributed by atoms with Crippen LogP contribution >= 0.6 is 0 Å². The van der Waals surface area contributed by atoms with E-state index in [2.05, 4.69) is 5.32 Å². The Balaban J connectivity index is 2.06. The monoisotopic (exact) mass is 401 g/mol. The van der Waals surface area contributed by atoms with E-state index in [0.29, 0.717) is 38.1 Å². The van der Waals surface area contributed by atoms with Crippen molar-refractivity contribution in [3.8, 4) is 0 Å². The lowest BCUT2D eigenvalue weighted by Crippen LogP contribution is -2.45. The molecule has 1 saturated heterocycles. The molecule has 2 aromatic rings. The molecule has 29 heavy (non-hydrogen) atoms. The van der Waals surface area contributed by atoms with Crippen LogP contribution in [0.1, 0.15) is 53.4 Å². The van der Waals surface area contributed by atoms with Crippen molar-refractivity contribution in [2.45, 2.75) is 32.7 Å². The summed E-state index contributed by atoms with van der Waals surface area (Å²) in [5.74, 6) is -1.51. The van der Waals surface area contributed by atoms with Gasteiger partial charge in [0.1, 0.15) is 11.4 Å². The predicted molar refractivity (Wildman–Crippen MR) is 107 cm³/mol. The van der Waals surface area contributed by atoms with E-state index in [-0.39, 0.29) is 47.1 Å². The molecule has 8 heteroatoms. The minimum absolute atomic E-state index is 0.0495. The van der Waals surface area contributed by atoms with Crippen LogP contribution in [0.25, 0.3) is 10.9 Å². The zero-order chi connectivity index (χ0) is 20.7. The molecule has 7 nitrogen and oxygen atoms in total. The smallest absolute Gasteiger partial charge is 0.343 e. The van der Waals surface area contributed by atoms with E-state index in [9.17, 15) is 14.4 Å². The molecule has 1 fully saturated rings. The molecule has 2 aliphatic rings. The molecule has 3 heterocycles. The Hall–Kier alpha value is -2.74. The molecule has 0 aliphatic carbocycles. The summed E-state index contributed by atoms with van der Waals surface area (Å²) in [6, 6.07) is 0.968. The van der Waals surface area contributed by atoms with Crippen molar-refractivity contribution in [3.05, 3.63) is 39.4 Å². The normalized spacial score (nSPS) is 18.9. The summed E-state index contributed by atoms with van der Waals surface area (Å²) in [6.45, 7) is 6.27. The van der Waals surface area contributed by atoms with E-state index in [4.69, 9.17) is 4.74 Å². The first-order chi connectivity index (χ1) is 14.0. The molecule has 4 rings (SSSR count). The largest absolute Gasteiger partial charge is 0.462 e. The highest BCUT2D eigenvalue weighted by Crippen LogP contribution is 2.39. The van der Waals surface area contributed by atoms with Crippen LogP contribution in [0.15, 0.2) is 17.1 Å². The van der Waals surface area contributed by atoms with Gasteiger partial charge in [-0.2, -0.15) is 0 Å². The second kappa shape index (κ2) is 7.59. The number of Topliss-reactive ketones (excluding diaryl/α,β-unsaturated/α-hetero) is 1. The molecule has 1 atom stereocenters. The predicted octanol–water partition coefficient (Wildman–Crippen LogP) is 2.26. The third-order valence-corrected chi connectivity index (χ3v) is 5.73. The van der Waals surface area contributed by atoms with Crippen molar-refractivity contribution in [1.82, 2.24) is 9.88 Å². The van der Waals surface area contributed by atoms with Gasteiger partial charge in [0, 0.05) is 44.8 Å². The van der Waals surface area contributed by atoms with Gasteiger partial charge < -0.3 is 19.5 Å². The van der Waals surface area contributed by atoms with E-state index >= 15 is 4.39 Å². The van der Waals surface area contributed by atoms with Crippen molar-refractivity contribution < 1.29 is 18.7 Å². The molecule has 1 aromatic heterocycles. The van der Waals surface area contributed by atoms with Gasteiger partial charge in [-0.25, -0.2) is 9.18 Å². The number of anilines is 1. The van der Waals surface area contributed by atoms with Gasteiger partial charge in [-0.1, -0.05) is 6.92 Å². The van der Waals surface area contributed by atoms with Gasteiger partial charge in [0.05, 0.1) is 28.8 Å². The van der Waals surface area contributed by atoms with Gasteiger partial charge in [-0.3, -0.25) is 9.59 Å². The quantitative estimate of drug-likeness (QED) is 0.792. The van der Waals surface area contributed by atoms with Crippen LogP contribution in [0.2, 0.25) is 0 Å². The minimum Gasteiger partial charge on any atom is -0.462 e. The van der Waals surface area contributed by atoms with Gasteiger partial charge in [0.2, 0.25) is 5.43 Å². The molecule has 154 valence electrons. The van der Waals surface area contributed by atoms with Crippen LogP contribution in [0, 0.1) is 5.82 Å². The maximum absolute atomic E-state index is 15.2. The summed E-state index contributed by atoms with van der Waals surface area (Å²) in [5, 5.41) is 3.27. The third-order valence-electron chi connectivity index (χ3n) is 5.73. The van der Waals surface area contributed by atoms with E-state index < -0.39 is 17.2 Å². The topological polar surface area (TPSA) is 80.6 Å². The molecule has 0 bridgehead atoms. The van der Waals surface area contributed by atoms with Crippen molar-refractivity contribution in [2.75, 3.05) is 37.7 Å². The number of nitrogens with zero attached hydrogens (tertiary/aromatic N) is 2. The molecule has 2 aliphatic heterocycles. The number of benzene rings is 1. The van der Waals surface area contributed by atoms with Crippen molar-refractivity contribution in [3.63, 3.8) is 0 Å². The molecule has 0 radical (unpaired) electrons. The maximum atomic E-state index is 15.2. The molecule has 0 saturated carbocycles. The lowest BCUT2D eigenvalue weighted by Gasteiger charge is -2.34. The molecule has 1 N–H and O–H groups in total. The number of ether oxygens (including phenoxy) is 1. The first kappa shape index (κ1) is 19.6. The number of halogens is 1. The highest BCUT2D eigenvalue weighted by atomic mass is 19.1. The number of aromatic nitrogens is 1. The first-order valence-corrected chi connectivity index (χ1v) is 10.0. The molecule has 0 amide bonds. The van der Waals surface area contributed by atoms with Crippen molar-refractivity contribution in [2.24, 2.45) is 0 Å². The second-order valence-corrected chi connectivity index (χ2v) is 7.40. The molecule has 1 aromatic carbocycles. The number of carbonyl (C=O) groups excluding carboxylic acids is 2. The highest BCUT2D eigenvalue weighted by Gasteiger charge is 2.34. The molecule has 1 unspecified atom stereocenters. The zero-order valence-electron chi connectivity index (χ0n) is 16.6. The van der Waals surface area contributed by atoms with Gasteiger partial charge in [0.15, 0.2) is 5.78 Å². The number of piperazine rings is 1. The highest BCUT2D eigenvalue weighted by molar-refractivity contribution is 6.13. The van der Waals surface area contributed by atoms with Gasteiger partial charge in [-0.05, 0) is 19.4 Å². The third kappa shape index (κ3) is 3.11. The Bertz CT molecular complexity index is 1060. The number of esters is 1. The van der Waals surface area contributed by atoms with Gasteiger partial charge in [0.25, 0.3) is 0 Å². The molecule has 0 spiro atoms. The Morgan fingerprint density at radius 1 is 1.28 bits per heavy atom. The number of nitrogens with one attached hydrogen (secondary N) is 1. The van der Waals surface area contributed by atoms with Gasteiger partial charge in [-0.15, -0.1) is 0 Å². The zero-order valence-corrected chi connectivity index (χ0v) is 16.6. The Morgan fingerprint density at radius 3 is 2.66 bits per heavy atom. The van der Waals surface area contributed by atoms with Crippen LogP contribution < -0.4 is 15.6 Å². The minimum atomic E-state index is -0.733. The van der Waals surface area contributed by atoms with Crippen LogP contribution in [0.5, 0.6) is 0 Å². The van der Waals surface area contributed by atoms with Gasteiger partial charge >= 0.3 is 5.97 Å². The number of hydrogen-bond acceptors (Lipinski definition) is 6. The summed E-state index contributed by atoms with van der Waals surface area (Å²) in [6.07, 6.45) is 2.32. The summed E-state index contributed by atoms with van der Waals surface area (Å²) in [5.41, 5.74) is 0.189. The summed E-state index contributed by atoms with van der Waals surface area (Å²) < 4.78 is 22.1. The second-order valence-electron chi connectivity index (χ2n) is 7.40. The number of hydrogen-bond donors (Lipinski definition) is 1. The van der Waals surface area contributed by atoms with E-state index in [0.717, 1.165) is 0 Å². The summed E-state index contributed by atoms with van der Waals surface area (Å²) >= 11 is 0. The van der Waals surface area contributed by atoms with E-state index in [1.807, 2.05) is 11.8 Å². The van der Waals surface area contributed by atoms with Crippen LogP contribution in [0.4, 0.5) is 10.1 Å². The first-order valence-electron chi connectivity index (χ1n) is 10.0. The Labute approximate surface area is 167 Å². The summed E-state index contributed by atoms with van der Waals surface area (Å²) in [7, 11) is 0. The van der Waals surface area contributed by atoms with Crippen LogP contribution in [-0.2, 0) is 4.74 Å². The molecular weight excluding hydrogens is 377 g/mol. The molecular formula is C21H24FN3O4. The Morgan fingerprint density at radius 2 is 2.00 bits per heavy atom. The van der Waals surface area contributed by atoms with E-state index in [1.54, 1.807) is 11.5 Å². The standard InChI is InChI=1S/C21H24FN3O4/c1-3-12-9-16(26)17-18-13(10-15(22)19(17)24-7-5-23-6-8-24)20(27)14(11-25(12)18)21(28)29-4-2/h10-12,23H,3-9H2,1-2H3. The SMILES string of the molecule is CCOC(=O)c1cn2c3c(c(N4CCNCC4)c(F)cc3c1=O)C(=O)CC2CC. The lowest BCUT2D eigenvalue weighted by atomic mass is 9.91. The Kier molecular flexibility index (Phi) is 5.12. The maximum Gasteiger partial charge on any atom is 0.343 e. The fraction of sp³-hybridized carbons (Fsp3) is 0.476. The fourth-order valence-electron chi connectivity index (χ4n) is 4.34. The van der Waals surface area contributed by atoms with Crippen LogP contribution in [-0.4, -0.2) is 49.1 Å². The fourth-order valence-corrected chi connectivity index (χ4v) is 4.34. The van der Waals surface area contributed by atoms with E-state index in [1.165, 1.54) is 12.3 Å². The average Bonchev–Trinajstić information content (AvgIpc) is 2.72. The number of rotatable bonds is 4. The van der Waals surface area contributed by atoms with Crippen molar-refractivity contribution >= 4 is 28.3 Å². The van der Waals surface area contributed by atoms with Crippen LogP contribution in [0.3, 0.4) is 0 Å². The summed E-state index contributed by atoms with van der Waals surface area (Å²) in [4.78, 5) is 40.3. The number of ketones is 1. The number of carbonyl (C=O) groups is 2. The lowest BCUT2D eigenvalue weighted by molar-refractivity contribution is 0.0524. The number of pyridine rings is 1. The average molecular weight is 401 g/mol. The van der Waals surface area contributed by atoms with Crippen molar-refractivity contribution in [1.29, 1.82) is 0 Å².